The van der Waals surface area contributed by atoms with Gasteiger partial charge in [0.05, 0.1) is 37.8 Å². The maximum absolute atomic E-state index is 10.2. The molecule has 0 rings (SSSR count). The quantitative estimate of drug-likeness (QED) is 0.327. The molecule has 0 bridgehead atoms. The van der Waals surface area contributed by atoms with Gasteiger partial charge in [0.1, 0.15) is 0 Å². The summed E-state index contributed by atoms with van der Waals surface area (Å²) < 4.78 is 0. The molecule has 78 valence electrons. The molecule has 1 unspecified atom stereocenters. The fourth-order valence-corrected chi connectivity index (χ4v) is 0.848. The van der Waals surface area contributed by atoms with Gasteiger partial charge in [-0.3, -0.25) is 4.79 Å². The number of hydrogen-bond donors (Lipinski definition) is 5. The van der Waals surface area contributed by atoms with Gasteiger partial charge in [-0.1, -0.05) is 0 Å². The van der Waals surface area contributed by atoms with E-state index in [0.717, 1.165) is 0 Å². The Balaban J connectivity index is 4.43. The van der Waals surface area contributed by atoms with Crippen LogP contribution in [0.5, 0.6) is 0 Å². The van der Waals surface area contributed by atoms with Gasteiger partial charge < -0.3 is 25.5 Å². The topological polar surface area (TPSA) is 118 Å². The van der Waals surface area contributed by atoms with Gasteiger partial charge in [-0.15, -0.1) is 0 Å². The molecule has 0 aliphatic heterocycles. The van der Waals surface area contributed by atoms with E-state index in [0.29, 0.717) is 0 Å². The SMILES string of the molecule is O=C(O)CC(O)C(CO)(CO)CO. The molecule has 0 spiro atoms. The Hall–Kier alpha value is -0.690. The van der Waals surface area contributed by atoms with Crippen molar-refractivity contribution < 1.29 is 30.3 Å². The number of aliphatic hydroxyl groups excluding tert-OH is 4. The van der Waals surface area contributed by atoms with Crippen molar-refractivity contribution in [1.82, 2.24) is 0 Å². The third-order valence-corrected chi connectivity index (χ3v) is 2.02. The predicted octanol–water partition coefficient (Wildman–Crippen LogP) is -2.21. The fraction of sp³-hybridized carbons (Fsp3) is 0.857. The molecule has 1 atom stereocenters. The van der Waals surface area contributed by atoms with E-state index in [1.165, 1.54) is 0 Å². The molecule has 0 radical (unpaired) electrons. The molecule has 0 aromatic carbocycles. The standard InChI is InChI=1S/C7H14O6/c8-2-7(3-9,4-10)5(11)1-6(12)13/h5,8-11H,1-4H2,(H,12,13). The summed E-state index contributed by atoms with van der Waals surface area (Å²) >= 11 is 0. The molecule has 0 heterocycles. The molecule has 6 heteroatoms. The minimum Gasteiger partial charge on any atom is -0.481 e. The van der Waals surface area contributed by atoms with Crippen molar-refractivity contribution in [3.8, 4) is 0 Å². The molecule has 0 saturated carbocycles. The highest BCUT2D eigenvalue weighted by Crippen LogP contribution is 2.22. The number of carbonyl (C=O) groups is 1. The van der Waals surface area contributed by atoms with Crippen molar-refractivity contribution in [2.45, 2.75) is 12.5 Å². The molecule has 0 aliphatic rings. The van der Waals surface area contributed by atoms with E-state index in [2.05, 4.69) is 0 Å². The van der Waals surface area contributed by atoms with Gasteiger partial charge in [0.25, 0.3) is 0 Å². The van der Waals surface area contributed by atoms with Crippen LogP contribution in [0.25, 0.3) is 0 Å². The van der Waals surface area contributed by atoms with Gasteiger partial charge >= 0.3 is 5.97 Å². The lowest BCUT2D eigenvalue weighted by atomic mass is 9.83. The second kappa shape index (κ2) is 5.13. The van der Waals surface area contributed by atoms with E-state index in [-0.39, 0.29) is 0 Å². The first-order chi connectivity index (χ1) is 6.02. The maximum Gasteiger partial charge on any atom is 0.305 e. The van der Waals surface area contributed by atoms with Crippen LogP contribution in [0.4, 0.5) is 0 Å². The van der Waals surface area contributed by atoms with Crippen molar-refractivity contribution in [1.29, 1.82) is 0 Å². The first-order valence-electron chi connectivity index (χ1n) is 3.75. The molecule has 0 aromatic heterocycles. The summed E-state index contributed by atoms with van der Waals surface area (Å²) in [7, 11) is 0. The van der Waals surface area contributed by atoms with Gasteiger partial charge in [0.2, 0.25) is 0 Å². The zero-order valence-electron chi connectivity index (χ0n) is 7.05. The number of hydrogen-bond acceptors (Lipinski definition) is 5. The van der Waals surface area contributed by atoms with Crippen molar-refractivity contribution in [3.05, 3.63) is 0 Å². The first kappa shape index (κ1) is 12.3. The van der Waals surface area contributed by atoms with Crippen LogP contribution in [0, 0.1) is 5.41 Å². The Morgan fingerprint density at radius 1 is 1.15 bits per heavy atom. The Morgan fingerprint density at radius 2 is 1.54 bits per heavy atom. The molecule has 0 amide bonds. The number of aliphatic carboxylic acids is 1. The van der Waals surface area contributed by atoms with E-state index in [1.54, 1.807) is 0 Å². The molecular weight excluding hydrogens is 180 g/mol. The lowest BCUT2D eigenvalue weighted by Crippen LogP contribution is -2.46. The number of rotatable bonds is 6. The van der Waals surface area contributed by atoms with Crippen molar-refractivity contribution in [3.63, 3.8) is 0 Å². The summed E-state index contributed by atoms with van der Waals surface area (Å²) in [5.74, 6) is -1.26. The molecule has 0 fully saturated rings. The van der Waals surface area contributed by atoms with Crippen LogP contribution < -0.4 is 0 Å². The van der Waals surface area contributed by atoms with Gasteiger partial charge in [0, 0.05) is 0 Å². The van der Waals surface area contributed by atoms with Gasteiger partial charge in [-0.2, -0.15) is 0 Å². The lowest BCUT2D eigenvalue weighted by Gasteiger charge is -2.31. The summed E-state index contributed by atoms with van der Waals surface area (Å²) in [4.78, 5) is 10.2. The predicted molar refractivity (Wildman–Crippen MR) is 42.0 cm³/mol. The highest BCUT2D eigenvalue weighted by Gasteiger charge is 2.37. The highest BCUT2D eigenvalue weighted by atomic mass is 16.4. The van der Waals surface area contributed by atoms with Gasteiger partial charge in [0.15, 0.2) is 0 Å². The molecule has 0 saturated heterocycles. The largest absolute Gasteiger partial charge is 0.481 e. The van der Waals surface area contributed by atoms with Crippen molar-refractivity contribution in [2.75, 3.05) is 19.8 Å². The van der Waals surface area contributed by atoms with Crippen molar-refractivity contribution in [2.24, 2.45) is 5.41 Å². The Labute approximate surface area is 75.1 Å². The van der Waals surface area contributed by atoms with Crippen LogP contribution in [0.15, 0.2) is 0 Å². The molecule has 0 aliphatic carbocycles. The number of carboxylic acid groups (broad SMARTS) is 1. The number of carboxylic acids is 1. The van der Waals surface area contributed by atoms with Crippen LogP contribution >= 0.6 is 0 Å². The van der Waals surface area contributed by atoms with Gasteiger partial charge in [-0.05, 0) is 0 Å². The molecule has 13 heavy (non-hydrogen) atoms. The summed E-state index contributed by atoms with van der Waals surface area (Å²) in [6.45, 7) is -2.02. The highest BCUT2D eigenvalue weighted by molar-refractivity contribution is 5.67. The average Bonchev–Trinajstić information content (AvgIpc) is 2.07. The smallest absolute Gasteiger partial charge is 0.305 e. The van der Waals surface area contributed by atoms with Crippen molar-refractivity contribution >= 4 is 5.97 Å². The Kier molecular flexibility index (Phi) is 4.86. The molecule has 6 nitrogen and oxygen atoms in total. The third kappa shape index (κ3) is 2.92. The third-order valence-electron chi connectivity index (χ3n) is 2.02. The zero-order valence-corrected chi connectivity index (χ0v) is 7.05. The first-order valence-corrected chi connectivity index (χ1v) is 3.75. The fourth-order valence-electron chi connectivity index (χ4n) is 0.848. The second-order valence-corrected chi connectivity index (χ2v) is 2.95. The normalized spacial score (nSPS) is 14.2. The van der Waals surface area contributed by atoms with Crippen LogP contribution in [-0.2, 0) is 4.79 Å². The van der Waals surface area contributed by atoms with Crippen LogP contribution in [0.3, 0.4) is 0 Å². The summed E-state index contributed by atoms with van der Waals surface area (Å²) in [6.07, 6.45) is -2.09. The Bertz CT molecular complexity index is 156. The van der Waals surface area contributed by atoms with E-state index < -0.39 is 43.7 Å². The van der Waals surface area contributed by atoms with Gasteiger partial charge in [-0.25, -0.2) is 0 Å². The summed E-state index contributed by atoms with van der Waals surface area (Å²) in [5.41, 5.74) is -1.54. The second-order valence-electron chi connectivity index (χ2n) is 2.95. The van der Waals surface area contributed by atoms with Crippen LogP contribution in [0.1, 0.15) is 6.42 Å². The van der Waals surface area contributed by atoms with E-state index in [1.807, 2.05) is 0 Å². The summed E-state index contributed by atoms with van der Waals surface area (Å²) in [5, 5.41) is 44.0. The zero-order chi connectivity index (χ0) is 10.5. The molecule has 0 aromatic rings. The minimum absolute atomic E-state index is 0.623. The molecule has 5 N–H and O–H groups in total. The number of aliphatic hydroxyl groups is 4. The Morgan fingerprint density at radius 3 is 1.77 bits per heavy atom. The van der Waals surface area contributed by atoms with Crippen LogP contribution in [-0.4, -0.2) is 57.4 Å². The van der Waals surface area contributed by atoms with E-state index in [4.69, 9.17) is 20.4 Å². The summed E-state index contributed by atoms with van der Waals surface area (Å²) in [6, 6.07) is 0. The lowest BCUT2D eigenvalue weighted by molar-refractivity contribution is -0.145. The van der Waals surface area contributed by atoms with E-state index in [9.17, 15) is 9.90 Å². The van der Waals surface area contributed by atoms with Crippen LogP contribution in [0.2, 0.25) is 0 Å². The minimum atomic E-state index is -1.54. The maximum atomic E-state index is 10.2. The van der Waals surface area contributed by atoms with E-state index >= 15 is 0 Å². The average molecular weight is 194 g/mol. The monoisotopic (exact) mass is 194 g/mol. The molecular formula is C7H14O6.